The van der Waals surface area contributed by atoms with Gasteiger partial charge >= 0.3 is 0 Å². The van der Waals surface area contributed by atoms with Gasteiger partial charge in [-0.2, -0.15) is 0 Å². The van der Waals surface area contributed by atoms with Gasteiger partial charge in [0, 0.05) is 11.5 Å². The van der Waals surface area contributed by atoms with Crippen molar-refractivity contribution in [2.24, 2.45) is 0 Å². The van der Waals surface area contributed by atoms with Gasteiger partial charge in [-0.05, 0) is 24.3 Å². The largest absolute Gasteiger partial charge is 0.454 e. The highest BCUT2D eigenvalue weighted by Gasteiger charge is 2.15. The smallest absolute Gasteiger partial charge is 0.231 e. The molecule has 1 aliphatic heterocycles. The van der Waals surface area contributed by atoms with Crippen LogP contribution in [0, 0.1) is 0 Å². The van der Waals surface area contributed by atoms with Crippen LogP contribution in [0.25, 0.3) is 10.9 Å². The van der Waals surface area contributed by atoms with Crippen molar-refractivity contribution < 1.29 is 14.2 Å². The highest BCUT2D eigenvalue weighted by atomic mass is 16.7. The van der Waals surface area contributed by atoms with E-state index in [0.29, 0.717) is 22.9 Å². The second-order valence-corrected chi connectivity index (χ2v) is 4.68. The monoisotopic (exact) mass is 280 g/mol. The van der Waals surface area contributed by atoms with Gasteiger partial charge in [-0.3, -0.25) is 4.98 Å². The Balaban J connectivity index is 1.79. The van der Waals surface area contributed by atoms with Gasteiger partial charge in [0.25, 0.3) is 0 Å². The van der Waals surface area contributed by atoms with Crippen molar-refractivity contribution in [2.45, 2.75) is 0 Å². The Kier molecular flexibility index (Phi) is 2.57. The fourth-order valence-electron chi connectivity index (χ4n) is 2.30. The Morgan fingerprint density at radius 1 is 1.05 bits per heavy atom. The molecule has 0 spiro atoms. The molecule has 4 rings (SSSR count). The van der Waals surface area contributed by atoms with Crippen molar-refractivity contribution in [2.75, 3.05) is 12.5 Å². The number of hydrogen-bond acceptors (Lipinski definition) is 5. The number of para-hydroxylation sites is 1. The lowest BCUT2D eigenvalue weighted by atomic mass is 10.2. The van der Waals surface area contributed by atoms with Crippen LogP contribution in [0.15, 0.2) is 48.7 Å². The summed E-state index contributed by atoms with van der Waals surface area (Å²) in [6.45, 7) is 0.235. The lowest BCUT2D eigenvalue weighted by Gasteiger charge is -2.11. The van der Waals surface area contributed by atoms with Gasteiger partial charge in [-0.25, -0.2) is 0 Å². The van der Waals surface area contributed by atoms with Crippen molar-refractivity contribution in [1.29, 1.82) is 0 Å². The predicted molar refractivity (Wildman–Crippen MR) is 78.8 cm³/mol. The number of fused-ring (bicyclic) bond motifs is 2. The van der Waals surface area contributed by atoms with E-state index in [2.05, 4.69) is 4.98 Å². The summed E-state index contributed by atoms with van der Waals surface area (Å²) in [5, 5.41) is 0.871. The molecular weight excluding hydrogens is 268 g/mol. The van der Waals surface area contributed by atoms with Crippen LogP contribution in [-0.2, 0) is 0 Å². The molecule has 0 radical (unpaired) electrons. The number of ether oxygens (including phenoxy) is 3. The number of hydrogen-bond donors (Lipinski definition) is 1. The first-order chi connectivity index (χ1) is 10.3. The molecular formula is C16H12N2O3. The van der Waals surface area contributed by atoms with Gasteiger partial charge in [0.05, 0.1) is 17.4 Å². The quantitative estimate of drug-likeness (QED) is 0.779. The summed E-state index contributed by atoms with van der Waals surface area (Å²) in [4.78, 5) is 4.29. The van der Waals surface area contributed by atoms with Gasteiger partial charge in [0.2, 0.25) is 6.79 Å². The number of nitrogen functional groups attached to an aromatic ring is 1. The predicted octanol–water partition coefficient (Wildman–Crippen LogP) is 3.34. The molecule has 1 aromatic heterocycles. The van der Waals surface area contributed by atoms with Crippen molar-refractivity contribution in [1.82, 2.24) is 4.98 Å². The van der Waals surface area contributed by atoms with E-state index in [1.54, 1.807) is 12.3 Å². The zero-order valence-electron chi connectivity index (χ0n) is 11.1. The number of rotatable bonds is 2. The summed E-state index contributed by atoms with van der Waals surface area (Å²) in [7, 11) is 0. The molecule has 2 aromatic carbocycles. The van der Waals surface area contributed by atoms with Gasteiger partial charge in [-0.1, -0.05) is 12.1 Å². The van der Waals surface area contributed by atoms with E-state index in [1.165, 1.54) is 0 Å². The van der Waals surface area contributed by atoms with E-state index in [0.717, 1.165) is 16.7 Å². The number of benzene rings is 2. The minimum absolute atomic E-state index is 0.235. The Morgan fingerprint density at radius 3 is 2.86 bits per heavy atom. The molecule has 0 atom stereocenters. The van der Waals surface area contributed by atoms with Crippen LogP contribution >= 0.6 is 0 Å². The zero-order valence-corrected chi connectivity index (χ0v) is 11.1. The van der Waals surface area contributed by atoms with E-state index in [9.17, 15) is 0 Å². The molecule has 0 aliphatic carbocycles. The van der Waals surface area contributed by atoms with Crippen molar-refractivity contribution in [3.8, 4) is 23.0 Å². The first-order valence-corrected chi connectivity index (χ1v) is 6.52. The van der Waals surface area contributed by atoms with Crippen LogP contribution in [0.4, 0.5) is 5.69 Å². The number of pyridine rings is 1. The molecule has 0 unspecified atom stereocenters. The molecule has 2 N–H and O–H groups in total. The van der Waals surface area contributed by atoms with Crippen molar-refractivity contribution in [3.63, 3.8) is 0 Å². The third-order valence-electron chi connectivity index (χ3n) is 3.32. The standard InChI is InChI=1S/C16H12N2O3/c17-12-8-18-13-4-2-1-3-11(13)16(12)21-10-5-6-14-15(7-10)20-9-19-14/h1-8H,9,17H2. The first kappa shape index (κ1) is 11.8. The van der Waals surface area contributed by atoms with E-state index in [1.807, 2.05) is 36.4 Å². The molecule has 0 fully saturated rings. The molecule has 0 amide bonds. The normalized spacial score (nSPS) is 12.6. The third-order valence-corrected chi connectivity index (χ3v) is 3.32. The number of anilines is 1. The average Bonchev–Trinajstić information content (AvgIpc) is 2.98. The summed E-state index contributed by atoms with van der Waals surface area (Å²) in [6, 6.07) is 13.1. The molecule has 3 aromatic rings. The Morgan fingerprint density at radius 2 is 1.90 bits per heavy atom. The molecule has 0 bridgehead atoms. The summed E-state index contributed by atoms with van der Waals surface area (Å²) < 4.78 is 16.6. The fraction of sp³-hybridized carbons (Fsp3) is 0.0625. The molecule has 0 saturated carbocycles. The van der Waals surface area contributed by atoms with E-state index >= 15 is 0 Å². The second-order valence-electron chi connectivity index (χ2n) is 4.68. The van der Waals surface area contributed by atoms with Gasteiger partial charge < -0.3 is 19.9 Å². The maximum absolute atomic E-state index is 6.00. The molecule has 5 heteroatoms. The van der Waals surface area contributed by atoms with Crippen LogP contribution in [-0.4, -0.2) is 11.8 Å². The molecule has 0 saturated heterocycles. The Hall–Kier alpha value is -2.95. The number of nitrogens with two attached hydrogens (primary N) is 1. The maximum atomic E-state index is 6.00. The summed E-state index contributed by atoms with van der Waals surface area (Å²) >= 11 is 0. The lowest BCUT2D eigenvalue weighted by molar-refractivity contribution is 0.174. The molecule has 21 heavy (non-hydrogen) atoms. The zero-order chi connectivity index (χ0) is 14.2. The maximum Gasteiger partial charge on any atom is 0.231 e. The van der Waals surface area contributed by atoms with E-state index in [-0.39, 0.29) is 6.79 Å². The number of nitrogens with zero attached hydrogens (tertiary/aromatic N) is 1. The van der Waals surface area contributed by atoms with Gasteiger partial charge in [-0.15, -0.1) is 0 Å². The van der Waals surface area contributed by atoms with Crippen LogP contribution in [0.1, 0.15) is 0 Å². The summed E-state index contributed by atoms with van der Waals surface area (Å²) in [6.07, 6.45) is 1.60. The van der Waals surface area contributed by atoms with Crippen LogP contribution in [0.2, 0.25) is 0 Å². The highest BCUT2D eigenvalue weighted by Crippen LogP contribution is 2.39. The molecule has 5 nitrogen and oxygen atoms in total. The van der Waals surface area contributed by atoms with Crippen LogP contribution in [0.5, 0.6) is 23.0 Å². The van der Waals surface area contributed by atoms with Crippen LogP contribution < -0.4 is 19.9 Å². The molecule has 1 aliphatic rings. The summed E-state index contributed by atoms with van der Waals surface area (Å²) in [5.41, 5.74) is 7.33. The van der Waals surface area contributed by atoms with Gasteiger partial charge in [0.1, 0.15) is 5.75 Å². The van der Waals surface area contributed by atoms with Gasteiger partial charge in [0.15, 0.2) is 17.2 Å². The minimum atomic E-state index is 0.235. The second kappa shape index (κ2) is 4.56. The van der Waals surface area contributed by atoms with Crippen LogP contribution in [0.3, 0.4) is 0 Å². The molecule has 104 valence electrons. The van der Waals surface area contributed by atoms with Crippen molar-refractivity contribution in [3.05, 3.63) is 48.7 Å². The first-order valence-electron chi connectivity index (χ1n) is 6.52. The highest BCUT2D eigenvalue weighted by molar-refractivity contribution is 5.89. The average molecular weight is 280 g/mol. The molecule has 2 heterocycles. The topological polar surface area (TPSA) is 66.6 Å². The van der Waals surface area contributed by atoms with E-state index in [4.69, 9.17) is 19.9 Å². The minimum Gasteiger partial charge on any atom is -0.454 e. The SMILES string of the molecule is Nc1cnc2ccccc2c1Oc1ccc2c(c1)OCO2. The van der Waals surface area contributed by atoms with E-state index < -0.39 is 0 Å². The lowest BCUT2D eigenvalue weighted by Crippen LogP contribution is -1.95. The number of aromatic nitrogens is 1. The Labute approximate surface area is 120 Å². The fourth-order valence-corrected chi connectivity index (χ4v) is 2.30. The summed E-state index contributed by atoms with van der Waals surface area (Å²) in [5.74, 6) is 2.63. The third kappa shape index (κ3) is 1.99. The van der Waals surface area contributed by atoms with Crippen molar-refractivity contribution >= 4 is 16.6 Å². The Bertz CT molecular complexity index is 833.